The molecule has 0 fully saturated rings. The number of hydrogen-bond donors (Lipinski definition) is 0. The molecule has 0 aliphatic carbocycles. The van der Waals surface area contributed by atoms with Crippen molar-refractivity contribution in [2.24, 2.45) is 0 Å². The molecule has 6 aromatic rings. The third-order valence-corrected chi connectivity index (χ3v) is 7.69. The molecule has 1 aliphatic heterocycles. The monoisotopic (exact) mass is 499 g/mol. The van der Waals surface area contributed by atoms with E-state index in [1.165, 1.54) is 0 Å². The third kappa shape index (κ3) is 3.29. The number of fused-ring (bicyclic) bond motifs is 3. The quantitative estimate of drug-likeness (QED) is 0.245. The minimum absolute atomic E-state index is 0.612. The van der Waals surface area contributed by atoms with E-state index in [1.807, 2.05) is 36.4 Å². The van der Waals surface area contributed by atoms with Crippen LogP contribution in [0, 0.1) is 22.7 Å². The van der Waals surface area contributed by atoms with Gasteiger partial charge in [0, 0.05) is 11.1 Å². The summed E-state index contributed by atoms with van der Waals surface area (Å²) in [4.78, 5) is 2.31. The van der Waals surface area contributed by atoms with Crippen LogP contribution in [0.3, 0.4) is 0 Å². The summed E-state index contributed by atoms with van der Waals surface area (Å²) in [6, 6.07) is 45.5. The molecule has 39 heavy (non-hydrogen) atoms. The van der Waals surface area contributed by atoms with E-state index >= 15 is 0 Å². The van der Waals surface area contributed by atoms with Crippen LogP contribution in [0.2, 0.25) is 0 Å². The molecule has 0 radical (unpaired) electrons. The molecule has 0 bridgehead atoms. The van der Waals surface area contributed by atoms with Crippen molar-refractivity contribution in [1.29, 1.82) is 10.5 Å². The van der Waals surface area contributed by atoms with Crippen LogP contribution >= 0.6 is 0 Å². The summed E-state index contributed by atoms with van der Waals surface area (Å²) < 4.78 is 5.62. The lowest BCUT2D eigenvalue weighted by molar-refractivity contribution is 0.616. The van der Waals surface area contributed by atoms with Crippen molar-refractivity contribution in [3.05, 3.63) is 161 Å². The highest BCUT2D eigenvalue weighted by Crippen LogP contribution is 2.57. The Labute approximate surface area is 226 Å². The van der Waals surface area contributed by atoms with Crippen LogP contribution in [0.4, 0.5) is 17.1 Å². The van der Waals surface area contributed by atoms with Gasteiger partial charge in [-0.15, -0.1) is 0 Å². The lowest BCUT2D eigenvalue weighted by atomic mass is 9.62. The Morgan fingerprint density at radius 1 is 0.590 bits per heavy atom. The third-order valence-electron chi connectivity index (χ3n) is 7.69. The number of anilines is 3. The summed E-state index contributed by atoms with van der Waals surface area (Å²) >= 11 is 0. The van der Waals surface area contributed by atoms with Crippen LogP contribution in [0.25, 0.3) is 11.0 Å². The number of furan rings is 1. The molecule has 0 atom stereocenters. The Morgan fingerprint density at radius 2 is 1.13 bits per heavy atom. The first-order valence-electron chi connectivity index (χ1n) is 12.7. The maximum absolute atomic E-state index is 9.52. The average Bonchev–Trinajstić information content (AvgIpc) is 3.48. The van der Waals surface area contributed by atoms with Crippen molar-refractivity contribution in [2.75, 3.05) is 4.90 Å². The number of nitriles is 2. The van der Waals surface area contributed by atoms with Crippen molar-refractivity contribution in [1.82, 2.24) is 0 Å². The zero-order valence-corrected chi connectivity index (χ0v) is 20.9. The van der Waals surface area contributed by atoms with Gasteiger partial charge in [-0.1, -0.05) is 60.7 Å². The number of rotatable bonds is 3. The minimum Gasteiger partial charge on any atom is -0.464 e. The van der Waals surface area contributed by atoms with Gasteiger partial charge in [0.2, 0.25) is 0 Å². The van der Waals surface area contributed by atoms with Gasteiger partial charge < -0.3 is 9.32 Å². The lowest BCUT2D eigenvalue weighted by Crippen LogP contribution is -2.37. The summed E-state index contributed by atoms with van der Waals surface area (Å²) in [5, 5.41) is 20.1. The Hall–Kier alpha value is -5.58. The summed E-state index contributed by atoms with van der Waals surface area (Å²) in [6.45, 7) is 0. The van der Waals surface area contributed by atoms with Gasteiger partial charge in [-0.2, -0.15) is 10.5 Å². The number of para-hydroxylation sites is 2. The smallest absolute Gasteiger partial charge is 0.133 e. The average molecular weight is 500 g/mol. The van der Waals surface area contributed by atoms with E-state index in [2.05, 4.69) is 102 Å². The van der Waals surface area contributed by atoms with Gasteiger partial charge in [0.1, 0.15) is 5.58 Å². The van der Waals surface area contributed by atoms with Crippen LogP contribution in [-0.2, 0) is 5.41 Å². The van der Waals surface area contributed by atoms with E-state index in [0.29, 0.717) is 11.1 Å². The molecule has 0 spiro atoms. The summed E-state index contributed by atoms with van der Waals surface area (Å²) in [7, 11) is 0. The van der Waals surface area contributed by atoms with E-state index < -0.39 is 5.41 Å². The maximum Gasteiger partial charge on any atom is 0.133 e. The molecule has 0 saturated carbocycles. The van der Waals surface area contributed by atoms with Gasteiger partial charge in [-0.3, -0.25) is 0 Å². The fraction of sp³-hybridized carbons (Fsp3) is 0.0286. The molecule has 4 nitrogen and oxygen atoms in total. The van der Waals surface area contributed by atoms with E-state index in [9.17, 15) is 10.5 Å². The van der Waals surface area contributed by atoms with Crippen molar-refractivity contribution in [3.63, 3.8) is 0 Å². The predicted octanol–water partition coefficient (Wildman–Crippen LogP) is 8.34. The Kier molecular flexibility index (Phi) is 5.08. The standard InChI is InChI=1S/C35H21N3O/c36-22-24-9-13-27(14-10-24)35(28-15-11-25(23-37)12-16-28)30-5-1-3-7-32(30)38(33-8-4-2-6-31(33)35)29-17-18-34-26(21-29)19-20-39-34/h1-21H. The minimum atomic E-state index is -0.675. The molecule has 182 valence electrons. The number of nitrogens with zero attached hydrogens (tertiary/aromatic N) is 3. The molecule has 0 saturated heterocycles. The van der Waals surface area contributed by atoms with Gasteiger partial charge in [0.15, 0.2) is 0 Å². The summed E-state index contributed by atoms with van der Waals surface area (Å²) in [5.74, 6) is 0. The topological polar surface area (TPSA) is 64.0 Å². The highest BCUT2D eigenvalue weighted by molar-refractivity contribution is 5.92. The fourth-order valence-electron chi connectivity index (χ4n) is 6.00. The molecule has 1 aromatic heterocycles. The van der Waals surface area contributed by atoms with Gasteiger partial charge in [0.05, 0.1) is 46.3 Å². The summed E-state index contributed by atoms with van der Waals surface area (Å²) in [5.41, 5.74) is 8.90. The van der Waals surface area contributed by atoms with E-state index in [-0.39, 0.29) is 0 Å². The molecular weight excluding hydrogens is 478 g/mol. The molecule has 7 rings (SSSR count). The predicted molar refractivity (Wildman–Crippen MR) is 152 cm³/mol. The van der Waals surface area contributed by atoms with Gasteiger partial charge in [-0.25, -0.2) is 0 Å². The van der Waals surface area contributed by atoms with E-state index in [1.54, 1.807) is 6.26 Å². The molecule has 0 unspecified atom stereocenters. The zero-order valence-electron chi connectivity index (χ0n) is 20.9. The van der Waals surface area contributed by atoms with Crippen LogP contribution < -0.4 is 4.90 Å². The molecule has 0 amide bonds. The lowest BCUT2D eigenvalue weighted by Gasteiger charge is -2.46. The second-order valence-corrected chi connectivity index (χ2v) is 9.64. The number of hydrogen-bond acceptors (Lipinski definition) is 4. The molecule has 5 aromatic carbocycles. The van der Waals surface area contributed by atoms with Crippen LogP contribution in [-0.4, -0.2) is 0 Å². The second kappa shape index (κ2) is 8.77. The SMILES string of the molecule is N#Cc1ccc(C2(c3ccc(C#N)cc3)c3ccccc3N(c3ccc4occc4c3)c3ccccc32)cc1. The Morgan fingerprint density at radius 3 is 1.67 bits per heavy atom. The molecular formula is C35H21N3O. The molecule has 4 heteroatoms. The van der Waals surface area contributed by atoms with Crippen molar-refractivity contribution in [3.8, 4) is 12.1 Å². The van der Waals surface area contributed by atoms with Crippen molar-refractivity contribution >= 4 is 28.0 Å². The van der Waals surface area contributed by atoms with Crippen LogP contribution in [0.15, 0.2) is 132 Å². The fourth-order valence-corrected chi connectivity index (χ4v) is 6.00. The van der Waals surface area contributed by atoms with Crippen molar-refractivity contribution in [2.45, 2.75) is 5.41 Å². The Bertz CT molecular complexity index is 1830. The van der Waals surface area contributed by atoms with Crippen LogP contribution in [0.1, 0.15) is 33.4 Å². The first kappa shape index (κ1) is 22.6. The highest BCUT2D eigenvalue weighted by atomic mass is 16.3. The van der Waals surface area contributed by atoms with E-state index in [0.717, 1.165) is 50.3 Å². The molecule has 2 heterocycles. The first-order chi connectivity index (χ1) is 19.2. The zero-order chi connectivity index (χ0) is 26.4. The molecule has 0 N–H and O–H groups in total. The summed E-state index contributed by atoms with van der Waals surface area (Å²) in [6.07, 6.45) is 1.72. The van der Waals surface area contributed by atoms with Crippen molar-refractivity contribution < 1.29 is 4.42 Å². The highest BCUT2D eigenvalue weighted by Gasteiger charge is 2.46. The van der Waals surface area contributed by atoms with Gasteiger partial charge in [-0.05, 0) is 82.9 Å². The Balaban J connectivity index is 1.59. The number of benzene rings is 5. The van der Waals surface area contributed by atoms with E-state index in [4.69, 9.17) is 4.42 Å². The second-order valence-electron chi connectivity index (χ2n) is 9.64. The largest absolute Gasteiger partial charge is 0.464 e. The van der Waals surface area contributed by atoms with Gasteiger partial charge in [0.25, 0.3) is 0 Å². The first-order valence-corrected chi connectivity index (χ1v) is 12.7. The molecule has 1 aliphatic rings. The van der Waals surface area contributed by atoms with Gasteiger partial charge >= 0.3 is 0 Å². The maximum atomic E-state index is 9.52. The van der Waals surface area contributed by atoms with Crippen LogP contribution in [0.5, 0.6) is 0 Å². The normalized spacial score (nSPS) is 13.2.